The quantitative estimate of drug-likeness (QED) is 0.599. The number of nitrogens with zero attached hydrogens (tertiary/aromatic N) is 1. The van der Waals surface area contributed by atoms with Crippen LogP contribution in [0.5, 0.6) is 5.75 Å². The summed E-state index contributed by atoms with van der Waals surface area (Å²) < 4.78 is 30.0. The van der Waals surface area contributed by atoms with E-state index in [1.54, 1.807) is 47.4 Å². The molecule has 8 heteroatoms. The van der Waals surface area contributed by atoms with Crippen molar-refractivity contribution >= 4 is 21.7 Å². The monoisotopic (exact) mass is 444 g/mol. The first-order valence-electron chi connectivity index (χ1n) is 10.5. The van der Waals surface area contributed by atoms with Gasteiger partial charge >= 0.3 is 0 Å². The Morgan fingerprint density at radius 3 is 2.23 bits per heavy atom. The lowest BCUT2D eigenvalue weighted by molar-refractivity contribution is -0.137. The van der Waals surface area contributed by atoms with Crippen molar-refractivity contribution in [2.75, 3.05) is 32.0 Å². The highest BCUT2D eigenvalue weighted by Gasteiger charge is 2.27. The number of hydrogen-bond donors (Lipinski definition) is 1. The smallest absolute Gasteiger partial charge is 0.260 e. The second kappa shape index (κ2) is 10.9. The van der Waals surface area contributed by atoms with Gasteiger partial charge in [0.2, 0.25) is 5.91 Å². The second-order valence-electron chi connectivity index (χ2n) is 7.53. The molecule has 0 atom stereocenters. The van der Waals surface area contributed by atoms with Crippen LogP contribution in [0, 0.1) is 5.92 Å². The van der Waals surface area contributed by atoms with Crippen LogP contribution in [0.2, 0.25) is 0 Å². The molecule has 1 heterocycles. The summed E-state index contributed by atoms with van der Waals surface area (Å²) >= 11 is 0. The molecule has 3 rings (SSSR count). The Hall–Kier alpha value is -2.87. The van der Waals surface area contributed by atoms with Gasteiger partial charge in [-0.1, -0.05) is 36.4 Å². The molecular formula is C23H28N2O5S. The molecule has 166 valence electrons. The van der Waals surface area contributed by atoms with Crippen LogP contribution in [-0.4, -0.2) is 57.1 Å². The molecule has 1 saturated heterocycles. The number of carbonyl (C=O) groups excluding carboxylic acids is 2. The summed E-state index contributed by atoms with van der Waals surface area (Å²) in [4.78, 5) is 26.7. The number of hydrogen-bond acceptors (Lipinski definition) is 5. The van der Waals surface area contributed by atoms with Gasteiger partial charge in [0, 0.05) is 25.6 Å². The lowest BCUT2D eigenvalue weighted by Gasteiger charge is -2.31. The van der Waals surface area contributed by atoms with Gasteiger partial charge in [-0.05, 0) is 43.5 Å². The van der Waals surface area contributed by atoms with E-state index in [9.17, 15) is 18.0 Å². The van der Waals surface area contributed by atoms with E-state index in [-0.39, 0.29) is 30.1 Å². The Morgan fingerprint density at radius 2 is 1.58 bits per heavy atom. The predicted octanol–water partition coefficient (Wildman–Crippen LogP) is 2.28. The number of sulfone groups is 1. The number of nitrogens with one attached hydrogen (secondary N) is 1. The average Bonchev–Trinajstić information content (AvgIpc) is 2.81. The third-order valence-electron chi connectivity index (χ3n) is 5.32. The van der Waals surface area contributed by atoms with Gasteiger partial charge in [0.25, 0.3) is 5.91 Å². The van der Waals surface area contributed by atoms with Crippen molar-refractivity contribution in [2.45, 2.75) is 24.2 Å². The van der Waals surface area contributed by atoms with E-state index < -0.39 is 9.84 Å². The molecule has 7 nitrogen and oxygen atoms in total. The molecule has 0 bridgehead atoms. The highest BCUT2D eigenvalue weighted by atomic mass is 32.2. The maximum absolute atomic E-state index is 12.4. The summed E-state index contributed by atoms with van der Waals surface area (Å²) in [5.74, 6) is 0.314. The third kappa shape index (κ3) is 6.82. The summed E-state index contributed by atoms with van der Waals surface area (Å²) in [6.45, 7) is 1.32. The van der Waals surface area contributed by atoms with Crippen LogP contribution in [0.1, 0.15) is 19.3 Å². The molecule has 0 radical (unpaired) electrons. The number of piperidine rings is 1. The van der Waals surface area contributed by atoms with Crippen LogP contribution in [-0.2, 0) is 19.4 Å². The fourth-order valence-electron chi connectivity index (χ4n) is 3.51. The van der Waals surface area contributed by atoms with Gasteiger partial charge in [0.1, 0.15) is 5.75 Å². The van der Waals surface area contributed by atoms with Gasteiger partial charge in [-0.25, -0.2) is 8.42 Å². The van der Waals surface area contributed by atoms with Crippen molar-refractivity contribution in [3.8, 4) is 5.75 Å². The summed E-state index contributed by atoms with van der Waals surface area (Å²) in [5.41, 5.74) is 0. The van der Waals surface area contributed by atoms with Crippen LogP contribution < -0.4 is 10.1 Å². The van der Waals surface area contributed by atoms with Crippen molar-refractivity contribution in [3.63, 3.8) is 0 Å². The normalized spacial score (nSPS) is 14.8. The summed E-state index contributed by atoms with van der Waals surface area (Å²) in [7, 11) is -3.33. The second-order valence-corrected chi connectivity index (χ2v) is 9.64. The number of likely N-dealkylation sites (tertiary alicyclic amines) is 1. The molecular weight excluding hydrogens is 416 g/mol. The van der Waals surface area contributed by atoms with Crippen molar-refractivity contribution in [1.29, 1.82) is 0 Å². The van der Waals surface area contributed by atoms with E-state index in [1.165, 1.54) is 0 Å². The van der Waals surface area contributed by atoms with E-state index in [0.717, 1.165) is 0 Å². The van der Waals surface area contributed by atoms with Gasteiger partial charge in [-0.3, -0.25) is 9.59 Å². The maximum Gasteiger partial charge on any atom is 0.260 e. The standard InChI is InChI=1S/C23H28N2O5S/c26-22(18-30-20-8-3-1-4-9-20)25-15-12-19(13-16-25)23(27)24-14-7-17-31(28,29)21-10-5-2-6-11-21/h1-6,8-11,19H,7,12-18H2,(H,24,27). The molecule has 0 saturated carbocycles. The molecule has 2 amide bonds. The molecule has 0 aromatic heterocycles. The SMILES string of the molecule is O=C(NCCCS(=O)(=O)c1ccccc1)C1CCN(C(=O)COc2ccccc2)CC1. The third-order valence-corrected chi connectivity index (χ3v) is 7.13. The van der Waals surface area contributed by atoms with E-state index in [1.807, 2.05) is 18.2 Å². The van der Waals surface area contributed by atoms with Gasteiger partial charge in [0.15, 0.2) is 16.4 Å². The summed E-state index contributed by atoms with van der Waals surface area (Å²) in [6.07, 6.45) is 1.54. The van der Waals surface area contributed by atoms with Gasteiger partial charge in [-0.2, -0.15) is 0 Å². The molecule has 2 aromatic carbocycles. The predicted molar refractivity (Wildman–Crippen MR) is 117 cm³/mol. The van der Waals surface area contributed by atoms with Crippen LogP contribution in [0.3, 0.4) is 0 Å². The average molecular weight is 445 g/mol. The van der Waals surface area contributed by atoms with Crippen molar-refractivity contribution in [1.82, 2.24) is 10.2 Å². The highest BCUT2D eigenvalue weighted by Crippen LogP contribution is 2.18. The van der Waals surface area contributed by atoms with E-state index in [4.69, 9.17) is 4.74 Å². The summed E-state index contributed by atoms with van der Waals surface area (Å²) in [5, 5.41) is 2.84. The zero-order valence-corrected chi connectivity index (χ0v) is 18.2. The van der Waals surface area contributed by atoms with E-state index in [2.05, 4.69) is 5.32 Å². The molecule has 1 aliphatic rings. The van der Waals surface area contributed by atoms with Gasteiger partial charge < -0.3 is 15.0 Å². The number of benzene rings is 2. The maximum atomic E-state index is 12.4. The van der Waals surface area contributed by atoms with Gasteiger partial charge in [-0.15, -0.1) is 0 Å². The van der Waals surface area contributed by atoms with Crippen molar-refractivity contribution in [3.05, 3.63) is 60.7 Å². The number of ether oxygens (including phenoxy) is 1. The Bertz CT molecular complexity index is 956. The van der Waals surface area contributed by atoms with E-state index >= 15 is 0 Å². The first-order valence-corrected chi connectivity index (χ1v) is 12.1. The Kier molecular flexibility index (Phi) is 8.06. The largest absolute Gasteiger partial charge is 0.484 e. The Balaban J connectivity index is 1.34. The van der Waals surface area contributed by atoms with Crippen LogP contribution in [0.4, 0.5) is 0 Å². The molecule has 0 unspecified atom stereocenters. The highest BCUT2D eigenvalue weighted by molar-refractivity contribution is 7.91. The topological polar surface area (TPSA) is 92.8 Å². The first kappa shape index (κ1) is 22.8. The van der Waals surface area contributed by atoms with Crippen LogP contribution in [0.25, 0.3) is 0 Å². The molecule has 0 spiro atoms. The van der Waals surface area contributed by atoms with Crippen molar-refractivity contribution in [2.24, 2.45) is 5.92 Å². The minimum Gasteiger partial charge on any atom is -0.484 e. The Morgan fingerprint density at radius 1 is 0.968 bits per heavy atom. The molecule has 0 aliphatic carbocycles. The first-order chi connectivity index (χ1) is 15.0. The number of carbonyl (C=O) groups is 2. The molecule has 1 fully saturated rings. The number of rotatable bonds is 9. The van der Waals surface area contributed by atoms with Gasteiger partial charge in [0.05, 0.1) is 10.6 Å². The number of amides is 2. The fraction of sp³-hybridized carbons (Fsp3) is 0.391. The summed E-state index contributed by atoms with van der Waals surface area (Å²) in [6, 6.07) is 17.5. The van der Waals surface area contributed by atoms with Crippen LogP contribution >= 0.6 is 0 Å². The molecule has 1 aliphatic heterocycles. The number of para-hydroxylation sites is 1. The zero-order chi connectivity index (χ0) is 22.1. The van der Waals surface area contributed by atoms with Crippen LogP contribution in [0.15, 0.2) is 65.6 Å². The Labute approximate surface area is 183 Å². The lowest BCUT2D eigenvalue weighted by atomic mass is 9.96. The van der Waals surface area contributed by atoms with E-state index in [0.29, 0.717) is 49.5 Å². The lowest BCUT2D eigenvalue weighted by Crippen LogP contribution is -2.44. The minimum absolute atomic E-state index is 0.00828. The molecule has 31 heavy (non-hydrogen) atoms. The fourth-order valence-corrected chi connectivity index (χ4v) is 4.84. The molecule has 1 N–H and O–H groups in total. The minimum atomic E-state index is -3.33. The van der Waals surface area contributed by atoms with Crippen molar-refractivity contribution < 1.29 is 22.7 Å². The zero-order valence-electron chi connectivity index (χ0n) is 17.4. The molecule has 2 aromatic rings.